The molecule has 1 N–H and O–H groups in total. The number of methoxy groups -OCH3 is 1. The minimum atomic E-state index is 0.249. The summed E-state index contributed by atoms with van der Waals surface area (Å²) in [6.07, 6.45) is 0.498. The van der Waals surface area contributed by atoms with E-state index in [1.807, 2.05) is 12.1 Å². The van der Waals surface area contributed by atoms with E-state index in [1.165, 1.54) is 11.3 Å². The van der Waals surface area contributed by atoms with Crippen molar-refractivity contribution in [2.75, 3.05) is 38.3 Å². The summed E-state index contributed by atoms with van der Waals surface area (Å²) in [5, 5.41) is 4.16. The monoisotopic (exact) mass is 312 g/mol. The Morgan fingerprint density at radius 2 is 2.05 bits per heavy atom. The average Bonchev–Trinajstić information content (AvgIpc) is 2.42. The molecule has 0 saturated carbocycles. The molecule has 0 spiro atoms. The highest BCUT2D eigenvalue weighted by atomic mass is 35.5. The van der Waals surface area contributed by atoms with Gasteiger partial charge < -0.3 is 19.7 Å². The molecule has 1 heterocycles. The number of nitrogens with zero attached hydrogens (tertiary/aromatic N) is 1. The van der Waals surface area contributed by atoms with Crippen LogP contribution in [0.15, 0.2) is 18.2 Å². The second-order valence-corrected chi connectivity index (χ2v) is 6.04. The number of halogens is 1. The molecular weight excluding hydrogens is 288 g/mol. The number of morpholine rings is 1. The topological polar surface area (TPSA) is 33.7 Å². The summed E-state index contributed by atoms with van der Waals surface area (Å²) in [4.78, 5) is 2.39. The minimum Gasteiger partial charge on any atom is -0.383 e. The molecule has 1 aliphatic heterocycles. The SMILES string of the molecule is COCCNCc1cc(Cl)ccc1N1C[C@@H](C)O[C@@H](C)C1. The van der Waals surface area contributed by atoms with Gasteiger partial charge in [-0.05, 0) is 37.6 Å². The van der Waals surface area contributed by atoms with E-state index in [9.17, 15) is 0 Å². The van der Waals surface area contributed by atoms with Gasteiger partial charge in [0, 0.05) is 44.0 Å². The fourth-order valence-corrected chi connectivity index (χ4v) is 2.97. The highest BCUT2D eigenvalue weighted by Gasteiger charge is 2.23. The summed E-state index contributed by atoms with van der Waals surface area (Å²) in [6, 6.07) is 6.11. The van der Waals surface area contributed by atoms with Gasteiger partial charge in [-0.25, -0.2) is 0 Å². The molecule has 1 saturated heterocycles. The molecule has 2 atom stereocenters. The van der Waals surface area contributed by atoms with E-state index in [0.29, 0.717) is 6.61 Å². The van der Waals surface area contributed by atoms with Gasteiger partial charge in [-0.15, -0.1) is 0 Å². The number of hydrogen-bond acceptors (Lipinski definition) is 4. The first kappa shape index (κ1) is 16.6. The Morgan fingerprint density at radius 1 is 1.33 bits per heavy atom. The van der Waals surface area contributed by atoms with Gasteiger partial charge in [0.15, 0.2) is 0 Å². The zero-order valence-corrected chi connectivity index (χ0v) is 13.8. The van der Waals surface area contributed by atoms with E-state index < -0.39 is 0 Å². The van der Waals surface area contributed by atoms with Crippen LogP contribution in [0.25, 0.3) is 0 Å². The molecule has 0 amide bonds. The van der Waals surface area contributed by atoms with Crippen molar-refractivity contribution in [1.29, 1.82) is 0 Å². The molecule has 0 unspecified atom stereocenters. The Labute approximate surface area is 132 Å². The van der Waals surface area contributed by atoms with Gasteiger partial charge in [0.1, 0.15) is 0 Å². The van der Waals surface area contributed by atoms with Crippen LogP contribution in [0, 0.1) is 0 Å². The lowest BCUT2D eigenvalue weighted by Crippen LogP contribution is -2.46. The van der Waals surface area contributed by atoms with Gasteiger partial charge in [0.25, 0.3) is 0 Å². The highest BCUT2D eigenvalue weighted by molar-refractivity contribution is 6.30. The summed E-state index contributed by atoms with van der Waals surface area (Å²) >= 11 is 6.16. The van der Waals surface area contributed by atoms with Crippen molar-refractivity contribution in [3.8, 4) is 0 Å². The lowest BCUT2D eigenvalue weighted by Gasteiger charge is -2.38. The van der Waals surface area contributed by atoms with Crippen LogP contribution in [-0.4, -0.2) is 45.6 Å². The van der Waals surface area contributed by atoms with Crippen LogP contribution in [0.1, 0.15) is 19.4 Å². The van der Waals surface area contributed by atoms with Gasteiger partial charge in [0.2, 0.25) is 0 Å². The Kier molecular flexibility index (Phi) is 6.30. The Morgan fingerprint density at radius 3 is 2.71 bits per heavy atom. The zero-order chi connectivity index (χ0) is 15.2. The van der Waals surface area contributed by atoms with Crippen LogP contribution in [0.3, 0.4) is 0 Å². The molecule has 21 heavy (non-hydrogen) atoms. The number of hydrogen-bond donors (Lipinski definition) is 1. The van der Waals surface area contributed by atoms with Gasteiger partial charge in [-0.3, -0.25) is 0 Å². The molecule has 1 fully saturated rings. The fraction of sp³-hybridized carbons (Fsp3) is 0.625. The normalized spacial score (nSPS) is 22.6. The first-order valence-electron chi connectivity index (χ1n) is 7.48. The van der Waals surface area contributed by atoms with Crippen molar-refractivity contribution in [2.45, 2.75) is 32.6 Å². The smallest absolute Gasteiger partial charge is 0.0726 e. The van der Waals surface area contributed by atoms with E-state index >= 15 is 0 Å². The maximum atomic E-state index is 6.16. The minimum absolute atomic E-state index is 0.249. The van der Waals surface area contributed by atoms with Gasteiger partial charge in [0.05, 0.1) is 18.8 Å². The van der Waals surface area contributed by atoms with Gasteiger partial charge in [-0.1, -0.05) is 11.6 Å². The standard InChI is InChI=1S/C16H25ClN2O2/c1-12-10-19(11-13(2)21-12)16-5-4-15(17)8-14(16)9-18-6-7-20-3/h4-5,8,12-13,18H,6-7,9-11H2,1-3H3/t12-,13+. The second-order valence-electron chi connectivity index (χ2n) is 5.60. The maximum Gasteiger partial charge on any atom is 0.0726 e. The quantitative estimate of drug-likeness (QED) is 0.819. The number of benzene rings is 1. The van der Waals surface area contributed by atoms with Crippen molar-refractivity contribution in [3.63, 3.8) is 0 Å². The van der Waals surface area contributed by atoms with E-state index in [2.05, 4.69) is 30.1 Å². The molecule has 0 radical (unpaired) electrons. The van der Waals surface area contributed by atoms with Crippen LogP contribution in [0.5, 0.6) is 0 Å². The highest BCUT2D eigenvalue weighted by Crippen LogP contribution is 2.27. The summed E-state index contributed by atoms with van der Waals surface area (Å²) < 4.78 is 10.9. The summed E-state index contributed by atoms with van der Waals surface area (Å²) in [6.45, 7) is 8.40. The van der Waals surface area contributed by atoms with E-state index in [1.54, 1.807) is 7.11 Å². The predicted octanol–water partition coefficient (Wildman–Crippen LogP) is 2.69. The molecule has 118 valence electrons. The lowest BCUT2D eigenvalue weighted by atomic mass is 10.1. The summed E-state index contributed by atoms with van der Waals surface area (Å²) in [5.41, 5.74) is 2.46. The molecule has 5 heteroatoms. The molecule has 0 aromatic heterocycles. The molecule has 1 aromatic rings. The second kappa shape index (κ2) is 7.99. The molecule has 1 aromatic carbocycles. The van der Waals surface area contributed by atoms with Crippen molar-refractivity contribution in [3.05, 3.63) is 28.8 Å². The van der Waals surface area contributed by atoms with Crippen LogP contribution in [0.4, 0.5) is 5.69 Å². The number of anilines is 1. The molecule has 2 rings (SSSR count). The molecule has 0 aliphatic carbocycles. The maximum absolute atomic E-state index is 6.16. The third-order valence-corrected chi connectivity index (χ3v) is 3.84. The van der Waals surface area contributed by atoms with Crippen LogP contribution in [-0.2, 0) is 16.0 Å². The number of ether oxygens (including phenoxy) is 2. The number of nitrogens with one attached hydrogen (secondary N) is 1. The summed E-state index contributed by atoms with van der Waals surface area (Å²) in [7, 11) is 1.71. The molecular formula is C16H25ClN2O2. The Hall–Kier alpha value is -0.810. The van der Waals surface area contributed by atoms with Gasteiger partial charge in [-0.2, -0.15) is 0 Å². The van der Waals surface area contributed by atoms with Crippen LogP contribution < -0.4 is 10.2 Å². The molecule has 1 aliphatic rings. The average molecular weight is 313 g/mol. The number of rotatable bonds is 6. The summed E-state index contributed by atoms with van der Waals surface area (Å²) in [5.74, 6) is 0. The molecule has 4 nitrogen and oxygen atoms in total. The van der Waals surface area contributed by atoms with Crippen molar-refractivity contribution < 1.29 is 9.47 Å². The van der Waals surface area contributed by atoms with E-state index in [4.69, 9.17) is 21.1 Å². The fourth-order valence-electron chi connectivity index (χ4n) is 2.78. The van der Waals surface area contributed by atoms with Crippen LogP contribution in [0.2, 0.25) is 5.02 Å². The Balaban J connectivity index is 2.10. The third-order valence-electron chi connectivity index (χ3n) is 3.60. The zero-order valence-electron chi connectivity index (χ0n) is 13.1. The van der Waals surface area contributed by atoms with Crippen molar-refractivity contribution in [2.24, 2.45) is 0 Å². The van der Waals surface area contributed by atoms with Crippen molar-refractivity contribution in [1.82, 2.24) is 5.32 Å². The largest absolute Gasteiger partial charge is 0.383 e. The van der Waals surface area contributed by atoms with Crippen LogP contribution >= 0.6 is 11.6 Å². The van der Waals surface area contributed by atoms with Gasteiger partial charge >= 0.3 is 0 Å². The third kappa shape index (κ3) is 4.85. The van der Waals surface area contributed by atoms with Crippen molar-refractivity contribution >= 4 is 17.3 Å². The first-order valence-corrected chi connectivity index (χ1v) is 7.86. The lowest BCUT2D eigenvalue weighted by molar-refractivity contribution is -0.00526. The molecule has 0 bridgehead atoms. The Bertz CT molecular complexity index is 446. The first-order chi connectivity index (χ1) is 10.1. The van der Waals surface area contributed by atoms with E-state index in [0.717, 1.165) is 31.2 Å². The van der Waals surface area contributed by atoms with E-state index in [-0.39, 0.29) is 12.2 Å². The predicted molar refractivity (Wildman–Crippen MR) is 87.3 cm³/mol.